The molecule has 0 saturated carbocycles. The second-order valence-corrected chi connectivity index (χ2v) is 5.81. The fourth-order valence-electron chi connectivity index (χ4n) is 1.46. The summed E-state index contributed by atoms with van der Waals surface area (Å²) >= 11 is 0. The fourth-order valence-corrected chi connectivity index (χ4v) is 2.44. The molecular weight excluding hydrogens is 298 g/mol. The minimum absolute atomic E-state index is 0.0380. The monoisotopic (exact) mass is 315 g/mol. The first-order valence-electron chi connectivity index (χ1n) is 6.11. The molecule has 0 radical (unpaired) electrons. The van der Waals surface area contributed by atoms with Crippen molar-refractivity contribution in [1.82, 2.24) is 10.0 Å². The van der Waals surface area contributed by atoms with Crippen molar-refractivity contribution in [3.05, 3.63) is 29.8 Å². The summed E-state index contributed by atoms with van der Waals surface area (Å²) in [7, 11) is -3.99. The number of aliphatic hydroxyl groups is 1. The number of amides is 2. The normalized spacial score (nSPS) is 11.0. The average Bonchev–Trinajstić information content (AvgIpc) is 2.45. The molecule has 1 rings (SSSR count). The van der Waals surface area contributed by atoms with E-state index >= 15 is 0 Å². The molecule has 1 aromatic carbocycles. The number of sulfonamides is 1. The van der Waals surface area contributed by atoms with Gasteiger partial charge >= 0.3 is 0 Å². The largest absolute Gasteiger partial charge is 0.396 e. The number of benzene rings is 1. The van der Waals surface area contributed by atoms with Crippen LogP contribution in [-0.2, 0) is 26.0 Å². The zero-order valence-electron chi connectivity index (χ0n) is 11.2. The minimum Gasteiger partial charge on any atom is -0.396 e. The number of nitrogens with one attached hydrogen (secondary N) is 2. The lowest BCUT2D eigenvalue weighted by molar-refractivity contribution is -0.124. The standard InChI is InChI=1S/C12H17N3O5S/c13-7-11(17)14-8-12(18)15-21(19,20)10-3-1-9(2-4-10)5-6-16/h1-4,16H,5-8,13H2,(H,14,17)(H,15,18). The third kappa shape index (κ3) is 5.50. The van der Waals surface area contributed by atoms with E-state index in [2.05, 4.69) is 5.32 Å². The smallest absolute Gasteiger partial charge is 0.264 e. The van der Waals surface area contributed by atoms with Crippen molar-refractivity contribution < 1.29 is 23.1 Å². The van der Waals surface area contributed by atoms with Gasteiger partial charge in [0.15, 0.2) is 0 Å². The first-order chi connectivity index (χ1) is 9.89. The van der Waals surface area contributed by atoms with E-state index in [0.29, 0.717) is 6.42 Å². The molecular formula is C12H17N3O5S. The summed E-state index contributed by atoms with van der Waals surface area (Å²) in [5.74, 6) is -1.42. The van der Waals surface area contributed by atoms with E-state index in [-0.39, 0.29) is 18.0 Å². The first-order valence-corrected chi connectivity index (χ1v) is 7.59. The molecule has 9 heteroatoms. The predicted molar refractivity (Wildman–Crippen MR) is 74.6 cm³/mol. The predicted octanol–water partition coefficient (Wildman–Crippen LogP) is -1.90. The van der Waals surface area contributed by atoms with Crippen molar-refractivity contribution in [3.63, 3.8) is 0 Å². The maximum Gasteiger partial charge on any atom is 0.264 e. The van der Waals surface area contributed by atoms with Gasteiger partial charge in [-0.2, -0.15) is 0 Å². The lowest BCUT2D eigenvalue weighted by atomic mass is 10.2. The quantitative estimate of drug-likeness (QED) is 0.463. The molecule has 0 unspecified atom stereocenters. The van der Waals surface area contributed by atoms with Crippen molar-refractivity contribution in [3.8, 4) is 0 Å². The fraction of sp³-hybridized carbons (Fsp3) is 0.333. The zero-order chi connectivity index (χ0) is 15.9. The van der Waals surface area contributed by atoms with Gasteiger partial charge in [0, 0.05) is 6.61 Å². The maximum absolute atomic E-state index is 11.9. The van der Waals surface area contributed by atoms with E-state index in [1.54, 1.807) is 12.1 Å². The second kappa shape index (κ2) is 7.72. The summed E-state index contributed by atoms with van der Waals surface area (Å²) in [5.41, 5.74) is 5.81. The summed E-state index contributed by atoms with van der Waals surface area (Å²) < 4.78 is 25.6. The van der Waals surface area contributed by atoms with E-state index in [0.717, 1.165) is 5.56 Å². The molecule has 116 valence electrons. The van der Waals surface area contributed by atoms with Crippen LogP contribution in [-0.4, -0.2) is 45.0 Å². The Kier molecular flexibility index (Phi) is 6.28. The number of carbonyl (C=O) groups excluding carboxylic acids is 2. The molecule has 0 aliphatic rings. The van der Waals surface area contributed by atoms with E-state index in [1.807, 2.05) is 4.72 Å². The molecule has 1 aromatic rings. The van der Waals surface area contributed by atoms with Crippen LogP contribution in [0.1, 0.15) is 5.56 Å². The Labute approximate surface area is 122 Å². The highest BCUT2D eigenvalue weighted by molar-refractivity contribution is 7.90. The van der Waals surface area contributed by atoms with Crippen LogP contribution in [0, 0.1) is 0 Å². The Balaban J connectivity index is 2.68. The van der Waals surface area contributed by atoms with Gasteiger partial charge in [0.05, 0.1) is 18.0 Å². The van der Waals surface area contributed by atoms with Gasteiger partial charge < -0.3 is 16.2 Å². The number of aliphatic hydroxyl groups excluding tert-OH is 1. The Morgan fingerprint density at radius 2 is 1.76 bits per heavy atom. The van der Waals surface area contributed by atoms with Crippen LogP contribution in [0.25, 0.3) is 0 Å². The number of hydrogen-bond donors (Lipinski definition) is 4. The molecule has 0 heterocycles. The van der Waals surface area contributed by atoms with Crippen molar-refractivity contribution in [2.75, 3.05) is 19.7 Å². The van der Waals surface area contributed by atoms with Gasteiger partial charge in [0.25, 0.3) is 15.9 Å². The van der Waals surface area contributed by atoms with Gasteiger partial charge in [0.2, 0.25) is 5.91 Å². The Morgan fingerprint density at radius 1 is 1.14 bits per heavy atom. The lowest BCUT2D eigenvalue weighted by Crippen LogP contribution is -2.41. The van der Waals surface area contributed by atoms with Crippen LogP contribution in [0.3, 0.4) is 0 Å². The van der Waals surface area contributed by atoms with Crippen LogP contribution in [0.15, 0.2) is 29.2 Å². The molecule has 0 aliphatic heterocycles. The van der Waals surface area contributed by atoms with Crippen molar-refractivity contribution in [2.24, 2.45) is 5.73 Å². The SMILES string of the molecule is NCC(=O)NCC(=O)NS(=O)(=O)c1ccc(CCO)cc1. The summed E-state index contributed by atoms with van der Waals surface area (Å²) in [5, 5.41) is 10.9. The number of carbonyl (C=O) groups is 2. The number of nitrogens with two attached hydrogens (primary N) is 1. The number of rotatable bonds is 7. The maximum atomic E-state index is 11.9. The van der Waals surface area contributed by atoms with E-state index in [4.69, 9.17) is 10.8 Å². The summed E-state index contributed by atoms with van der Waals surface area (Å²) in [4.78, 5) is 22.2. The highest BCUT2D eigenvalue weighted by Crippen LogP contribution is 2.10. The van der Waals surface area contributed by atoms with Crippen LogP contribution in [0.5, 0.6) is 0 Å². The van der Waals surface area contributed by atoms with Gasteiger partial charge in [-0.05, 0) is 24.1 Å². The molecule has 21 heavy (non-hydrogen) atoms. The molecule has 0 atom stereocenters. The molecule has 5 N–H and O–H groups in total. The minimum atomic E-state index is -3.99. The second-order valence-electron chi connectivity index (χ2n) is 4.13. The van der Waals surface area contributed by atoms with E-state index < -0.39 is 28.4 Å². The molecule has 0 fully saturated rings. The molecule has 0 aromatic heterocycles. The van der Waals surface area contributed by atoms with Crippen molar-refractivity contribution in [2.45, 2.75) is 11.3 Å². The highest BCUT2D eigenvalue weighted by atomic mass is 32.2. The number of hydrogen-bond acceptors (Lipinski definition) is 6. The summed E-state index contributed by atoms with van der Waals surface area (Å²) in [6, 6.07) is 5.76. The van der Waals surface area contributed by atoms with Crippen LogP contribution in [0.2, 0.25) is 0 Å². The summed E-state index contributed by atoms with van der Waals surface area (Å²) in [6.45, 7) is -0.798. The van der Waals surface area contributed by atoms with Gasteiger partial charge in [0.1, 0.15) is 0 Å². The topological polar surface area (TPSA) is 139 Å². The molecule has 0 saturated heterocycles. The summed E-state index contributed by atoms with van der Waals surface area (Å²) in [6.07, 6.45) is 0.414. The molecule has 0 aliphatic carbocycles. The Bertz CT molecular complexity index is 598. The molecule has 0 spiro atoms. The Hall–Kier alpha value is -1.97. The lowest BCUT2D eigenvalue weighted by Gasteiger charge is -2.08. The van der Waals surface area contributed by atoms with Crippen molar-refractivity contribution in [1.29, 1.82) is 0 Å². The third-order valence-corrected chi connectivity index (χ3v) is 3.90. The van der Waals surface area contributed by atoms with Crippen LogP contribution >= 0.6 is 0 Å². The van der Waals surface area contributed by atoms with Crippen LogP contribution in [0.4, 0.5) is 0 Å². The molecule has 8 nitrogen and oxygen atoms in total. The average molecular weight is 315 g/mol. The van der Waals surface area contributed by atoms with Gasteiger partial charge in [-0.15, -0.1) is 0 Å². The van der Waals surface area contributed by atoms with E-state index in [9.17, 15) is 18.0 Å². The van der Waals surface area contributed by atoms with Crippen LogP contribution < -0.4 is 15.8 Å². The van der Waals surface area contributed by atoms with E-state index in [1.165, 1.54) is 12.1 Å². The first kappa shape index (κ1) is 17.1. The highest BCUT2D eigenvalue weighted by Gasteiger charge is 2.17. The molecule has 2 amide bonds. The third-order valence-electron chi connectivity index (χ3n) is 2.51. The van der Waals surface area contributed by atoms with Gasteiger partial charge in [-0.25, -0.2) is 13.1 Å². The van der Waals surface area contributed by atoms with Gasteiger partial charge in [-0.3, -0.25) is 9.59 Å². The van der Waals surface area contributed by atoms with Crippen molar-refractivity contribution >= 4 is 21.8 Å². The molecule has 0 bridgehead atoms. The van der Waals surface area contributed by atoms with Gasteiger partial charge in [-0.1, -0.05) is 12.1 Å². The Morgan fingerprint density at radius 3 is 2.29 bits per heavy atom. The zero-order valence-corrected chi connectivity index (χ0v) is 12.0.